The summed E-state index contributed by atoms with van der Waals surface area (Å²) in [5.41, 5.74) is 1.57. The molecule has 0 amide bonds. The Balaban J connectivity index is 2.22. The molecule has 0 bridgehead atoms. The standard InChI is InChI=1S/C25H37NO3/c1-6-29-17-16-20(2)25(3,27)24(18-21-12-14-23(28-5)15-13-21)26(4)19-22-10-8-7-9-11-22/h7-15,20,24,27H,6,16-19H2,1-5H3. The predicted molar refractivity (Wildman–Crippen MR) is 119 cm³/mol. The fraction of sp³-hybridized carbons (Fsp3) is 0.520. The average Bonchev–Trinajstić information content (AvgIpc) is 2.73. The summed E-state index contributed by atoms with van der Waals surface area (Å²) in [7, 11) is 3.78. The second kappa shape index (κ2) is 11.3. The first-order valence-electron chi connectivity index (χ1n) is 10.6. The monoisotopic (exact) mass is 399 g/mol. The van der Waals surface area contributed by atoms with Crippen LogP contribution < -0.4 is 4.74 Å². The van der Waals surface area contributed by atoms with Crippen LogP contribution in [0.5, 0.6) is 5.75 Å². The zero-order chi connectivity index (χ0) is 21.3. The Kier molecular flexibility index (Phi) is 9.15. The van der Waals surface area contributed by atoms with E-state index in [4.69, 9.17) is 9.47 Å². The van der Waals surface area contributed by atoms with Crippen LogP contribution in [0, 0.1) is 5.92 Å². The molecule has 3 atom stereocenters. The van der Waals surface area contributed by atoms with Crippen molar-refractivity contribution in [2.45, 2.75) is 51.8 Å². The second-order valence-corrected chi connectivity index (χ2v) is 8.08. The van der Waals surface area contributed by atoms with Gasteiger partial charge in [0.1, 0.15) is 5.75 Å². The highest BCUT2D eigenvalue weighted by Gasteiger charge is 2.39. The minimum absolute atomic E-state index is 0.0345. The van der Waals surface area contributed by atoms with Crippen molar-refractivity contribution < 1.29 is 14.6 Å². The Hall–Kier alpha value is -1.88. The minimum Gasteiger partial charge on any atom is -0.497 e. The van der Waals surface area contributed by atoms with Crippen molar-refractivity contribution in [3.8, 4) is 5.75 Å². The van der Waals surface area contributed by atoms with Gasteiger partial charge in [0.05, 0.1) is 12.7 Å². The molecular weight excluding hydrogens is 362 g/mol. The molecule has 2 rings (SSSR count). The third-order valence-corrected chi connectivity index (χ3v) is 5.97. The first-order valence-corrected chi connectivity index (χ1v) is 10.6. The molecule has 29 heavy (non-hydrogen) atoms. The molecule has 2 aromatic rings. The lowest BCUT2D eigenvalue weighted by atomic mass is 9.78. The fourth-order valence-electron chi connectivity index (χ4n) is 3.80. The molecule has 1 N–H and O–H groups in total. The quantitative estimate of drug-likeness (QED) is 0.532. The molecule has 0 spiro atoms. The first kappa shape index (κ1) is 23.4. The highest BCUT2D eigenvalue weighted by molar-refractivity contribution is 5.28. The Morgan fingerprint density at radius 1 is 1.03 bits per heavy atom. The van der Waals surface area contributed by atoms with E-state index in [0.29, 0.717) is 13.2 Å². The van der Waals surface area contributed by atoms with Crippen LogP contribution in [0.25, 0.3) is 0 Å². The molecular formula is C25H37NO3. The van der Waals surface area contributed by atoms with Gasteiger partial charge in [-0.25, -0.2) is 0 Å². The predicted octanol–water partition coefficient (Wildman–Crippen LogP) is 4.55. The van der Waals surface area contributed by atoms with Gasteiger partial charge >= 0.3 is 0 Å². The molecule has 0 saturated carbocycles. The maximum atomic E-state index is 11.6. The van der Waals surface area contributed by atoms with Crippen molar-refractivity contribution in [1.29, 1.82) is 0 Å². The molecule has 0 aliphatic carbocycles. The van der Waals surface area contributed by atoms with Crippen LogP contribution in [0.2, 0.25) is 0 Å². The normalized spacial score (nSPS) is 15.7. The molecule has 4 heteroatoms. The van der Waals surface area contributed by atoms with Gasteiger partial charge in [-0.1, -0.05) is 49.4 Å². The molecule has 0 aliphatic heterocycles. The van der Waals surface area contributed by atoms with Gasteiger partial charge in [0.15, 0.2) is 0 Å². The van der Waals surface area contributed by atoms with E-state index in [-0.39, 0.29) is 12.0 Å². The van der Waals surface area contributed by atoms with Crippen molar-refractivity contribution in [2.24, 2.45) is 5.92 Å². The number of benzene rings is 2. The molecule has 0 aromatic heterocycles. The number of likely N-dealkylation sites (N-methyl/N-ethyl adjacent to an activating group) is 1. The molecule has 0 radical (unpaired) electrons. The van der Waals surface area contributed by atoms with Crippen LogP contribution in [0.4, 0.5) is 0 Å². The van der Waals surface area contributed by atoms with Crippen LogP contribution in [0.1, 0.15) is 38.3 Å². The van der Waals surface area contributed by atoms with Crippen molar-refractivity contribution in [3.05, 3.63) is 65.7 Å². The van der Waals surface area contributed by atoms with Crippen LogP contribution in [-0.4, -0.2) is 49.0 Å². The summed E-state index contributed by atoms with van der Waals surface area (Å²) in [5, 5.41) is 11.6. The van der Waals surface area contributed by atoms with Crippen LogP contribution in [0.3, 0.4) is 0 Å². The molecule has 3 unspecified atom stereocenters. The summed E-state index contributed by atoms with van der Waals surface area (Å²) >= 11 is 0. The SMILES string of the molecule is CCOCCC(C)C(C)(O)C(Cc1ccc(OC)cc1)N(C)Cc1ccccc1. The average molecular weight is 400 g/mol. The molecule has 4 nitrogen and oxygen atoms in total. The number of nitrogens with zero attached hydrogens (tertiary/aromatic N) is 1. The third kappa shape index (κ3) is 6.84. The second-order valence-electron chi connectivity index (χ2n) is 8.08. The smallest absolute Gasteiger partial charge is 0.118 e. The van der Waals surface area contributed by atoms with E-state index in [0.717, 1.165) is 25.1 Å². The maximum absolute atomic E-state index is 11.6. The van der Waals surface area contributed by atoms with Gasteiger partial charge in [-0.3, -0.25) is 4.90 Å². The maximum Gasteiger partial charge on any atom is 0.118 e. The highest BCUT2D eigenvalue weighted by atomic mass is 16.5. The number of aliphatic hydroxyl groups is 1. The minimum atomic E-state index is -0.861. The molecule has 160 valence electrons. The number of methoxy groups -OCH3 is 1. The summed E-state index contributed by atoms with van der Waals surface area (Å²) in [6.45, 7) is 8.26. The summed E-state index contributed by atoms with van der Waals surface area (Å²) in [6.07, 6.45) is 1.60. The summed E-state index contributed by atoms with van der Waals surface area (Å²) in [6, 6.07) is 18.5. The summed E-state index contributed by atoms with van der Waals surface area (Å²) in [5.74, 6) is 0.954. The van der Waals surface area contributed by atoms with Crippen molar-refractivity contribution in [3.63, 3.8) is 0 Å². The Morgan fingerprint density at radius 3 is 2.28 bits per heavy atom. The lowest BCUT2D eigenvalue weighted by Crippen LogP contribution is -2.54. The zero-order valence-corrected chi connectivity index (χ0v) is 18.6. The Morgan fingerprint density at radius 2 is 1.69 bits per heavy atom. The van der Waals surface area contributed by atoms with E-state index in [1.807, 2.05) is 32.0 Å². The molecule has 2 aromatic carbocycles. The number of ether oxygens (including phenoxy) is 2. The van der Waals surface area contributed by atoms with E-state index in [2.05, 4.69) is 55.3 Å². The Labute approximate surface area is 176 Å². The molecule has 0 saturated heterocycles. The van der Waals surface area contributed by atoms with Gasteiger partial charge < -0.3 is 14.6 Å². The van der Waals surface area contributed by atoms with E-state index < -0.39 is 5.60 Å². The van der Waals surface area contributed by atoms with E-state index >= 15 is 0 Å². The van der Waals surface area contributed by atoms with Crippen LogP contribution in [0.15, 0.2) is 54.6 Å². The lowest BCUT2D eigenvalue weighted by Gasteiger charge is -2.43. The lowest BCUT2D eigenvalue weighted by molar-refractivity contribution is -0.0747. The van der Waals surface area contributed by atoms with Crippen molar-refractivity contribution >= 4 is 0 Å². The molecule has 0 fully saturated rings. The topological polar surface area (TPSA) is 41.9 Å². The van der Waals surface area contributed by atoms with Gasteiger partial charge in [0.25, 0.3) is 0 Å². The summed E-state index contributed by atoms with van der Waals surface area (Å²) < 4.78 is 10.8. The van der Waals surface area contributed by atoms with Gasteiger partial charge in [-0.2, -0.15) is 0 Å². The van der Waals surface area contributed by atoms with Gasteiger partial charge in [-0.15, -0.1) is 0 Å². The van der Waals surface area contributed by atoms with E-state index in [9.17, 15) is 5.11 Å². The Bertz CT molecular complexity index is 700. The van der Waals surface area contributed by atoms with Gasteiger partial charge in [0.2, 0.25) is 0 Å². The van der Waals surface area contributed by atoms with Gasteiger partial charge in [-0.05, 0) is 62.9 Å². The molecule has 0 heterocycles. The fourth-order valence-corrected chi connectivity index (χ4v) is 3.80. The number of hydrogen-bond acceptors (Lipinski definition) is 4. The highest BCUT2D eigenvalue weighted by Crippen LogP contribution is 2.30. The first-order chi connectivity index (χ1) is 13.9. The number of hydrogen-bond donors (Lipinski definition) is 1. The summed E-state index contributed by atoms with van der Waals surface area (Å²) in [4.78, 5) is 2.27. The van der Waals surface area contributed by atoms with Crippen molar-refractivity contribution in [1.82, 2.24) is 4.90 Å². The van der Waals surface area contributed by atoms with E-state index in [1.165, 1.54) is 11.1 Å². The zero-order valence-electron chi connectivity index (χ0n) is 18.6. The van der Waals surface area contributed by atoms with E-state index in [1.54, 1.807) is 7.11 Å². The largest absolute Gasteiger partial charge is 0.497 e. The number of rotatable bonds is 12. The van der Waals surface area contributed by atoms with Gasteiger partial charge in [0, 0.05) is 25.8 Å². The van der Waals surface area contributed by atoms with Crippen LogP contribution >= 0.6 is 0 Å². The van der Waals surface area contributed by atoms with Crippen molar-refractivity contribution in [2.75, 3.05) is 27.4 Å². The third-order valence-electron chi connectivity index (χ3n) is 5.97. The van der Waals surface area contributed by atoms with Crippen LogP contribution in [-0.2, 0) is 17.7 Å². The molecule has 0 aliphatic rings.